The van der Waals surface area contributed by atoms with Crippen molar-refractivity contribution in [1.82, 2.24) is 39.9 Å². The quantitative estimate of drug-likeness (QED) is 0.106. The number of hydrogen-bond acceptors (Lipinski definition) is 16. The molecule has 0 aliphatic heterocycles. The van der Waals surface area contributed by atoms with Gasteiger partial charge in [-0.3, -0.25) is 4.98 Å². The van der Waals surface area contributed by atoms with E-state index in [1.807, 2.05) is 220 Å². The molecule has 0 saturated heterocycles. The summed E-state index contributed by atoms with van der Waals surface area (Å²) in [4.78, 5) is 39.4. The van der Waals surface area contributed by atoms with E-state index in [1.165, 1.54) is 93.8 Å². The van der Waals surface area contributed by atoms with E-state index in [0.29, 0.717) is 41.4 Å². The highest BCUT2D eigenvalue weighted by Gasteiger charge is 2.17. The van der Waals surface area contributed by atoms with Crippen LogP contribution in [0.1, 0.15) is 306 Å². The second kappa shape index (κ2) is 73.0. The first kappa shape index (κ1) is 117. The minimum absolute atomic E-state index is 0.458. The lowest BCUT2D eigenvalue weighted by Gasteiger charge is -2.03. The van der Waals surface area contributed by atoms with Gasteiger partial charge in [0, 0.05) is 127 Å². The fraction of sp³-hybridized carbons (Fsp3) is 0.364. The molecule has 0 spiro atoms. The van der Waals surface area contributed by atoms with Gasteiger partial charge in [0.05, 0.1) is 61.9 Å². The van der Waals surface area contributed by atoms with Crippen molar-refractivity contribution in [3.8, 4) is 54.7 Å². The van der Waals surface area contributed by atoms with Crippen LogP contribution in [0, 0.1) is 13.8 Å². The van der Waals surface area contributed by atoms with Crippen molar-refractivity contribution >= 4 is 101 Å². The van der Waals surface area contributed by atoms with Crippen LogP contribution in [-0.4, -0.2) is 39.9 Å². The molecule has 0 fully saturated rings. The van der Waals surface area contributed by atoms with Crippen molar-refractivity contribution in [3.05, 3.63) is 338 Å². The number of thiazole rings is 7. The molecule has 0 atom stereocenters. The predicted molar refractivity (Wildman–Crippen MR) is 576 cm³/mol. The number of rotatable bonds is 14. The van der Waals surface area contributed by atoms with Gasteiger partial charge in [0.15, 0.2) is 0 Å². The van der Waals surface area contributed by atoms with Crippen LogP contribution in [0.5, 0.6) is 0 Å². The Kier molecular flexibility index (Phi) is 67.8. The average Bonchev–Trinajstić information content (AvgIpc) is 1.41. The summed E-state index contributed by atoms with van der Waals surface area (Å²) < 4.78 is 0. The Labute approximate surface area is 796 Å². The summed E-state index contributed by atoms with van der Waals surface area (Å²) in [5.74, 6) is 3.72. The second-order valence-corrected chi connectivity index (χ2v) is 35.4. The lowest BCUT2D eigenvalue weighted by molar-refractivity contribution is 0.847. The first-order valence-electron chi connectivity index (χ1n) is 45.4. The van der Waals surface area contributed by atoms with Crippen LogP contribution in [0.15, 0.2) is 282 Å². The molecule has 0 aliphatic carbocycles. The number of pyridine rings is 1. The van der Waals surface area contributed by atoms with Gasteiger partial charge in [0.25, 0.3) is 0 Å². The third-order valence-corrected chi connectivity index (χ3v) is 25.5. The largest absolute Gasteiger partial charge is 0.265 e. The van der Waals surface area contributed by atoms with E-state index in [0.717, 1.165) is 34.9 Å². The molecule has 0 radical (unpaired) electrons. The fourth-order valence-corrected chi connectivity index (χ4v) is 16.9. The van der Waals surface area contributed by atoms with E-state index < -0.39 is 0 Å². The van der Waals surface area contributed by atoms with Crippen LogP contribution in [0.2, 0.25) is 0 Å². The zero-order valence-corrected chi connectivity index (χ0v) is 88.8. The molecule has 9 heterocycles. The summed E-state index contributed by atoms with van der Waals surface area (Å²) in [6.07, 6.45) is 8.48. The first-order valence-corrected chi connectivity index (χ1v) is 52.3. The summed E-state index contributed by atoms with van der Waals surface area (Å²) in [7, 11) is 0. The number of aryl methyl sites for hydroxylation is 2. The van der Waals surface area contributed by atoms with E-state index in [9.17, 15) is 0 Å². The van der Waals surface area contributed by atoms with E-state index in [1.54, 1.807) is 91.8 Å². The maximum Gasteiger partial charge on any atom is 0.0964 e. The topological polar surface area (TPSA) is 103 Å². The summed E-state index contributed by atoms with van der Waals surface area (Å²) in [5.41, 5.74) is 13.1. The third-order valence-electron chi connectivity index (χ3n) is 16.0. The van der Waals surface area contributed by atoms with Gasteiger partial charge < -0.3 is 0 Å². The molecule has 0 aliphatic rings. The van der Waals surface area contributed by atoms with E-state index in [-0.39, 0.29) is 0 Å². The van der Waals surface area contributed by atoms with E-state index >= 15 is 0 Å². The molecule has 7 aromatic carbocycles. The van der Waals surface area contributed by atoms with Gasteiger partial charge in [0.1, 0.15) is 0 Å². The lowest BCUT2D eigenvalue weighted by Crippen LogP contribution is -1.86. The highest BCUT2D eigenvalue weighted by molar-refractivity contribution is 7.16. The van der Waals surface area contributed by atoms with Gasteiger partial charge in [-0.25, -0.2) is 34.9 Å². The Morgan fingerprint density at radius 2 is 0.651 bits per heavy atom. The van der Waals surface area contributed by atoms with Crippen LogP contribution in [0.4, 0.5) is 0 Å². The number of aromatic nitrogens is 8. The molecule has 16 aromatic rings. The summed E-state index contributed by atoms with van der Waals surface area (Å²) in [6, 6.07) is 76.9. The van der Waals surface area contributed by atoms with Crippen molar-refractivity contribution in [2.45, 2.75) is 269 Å². The average molecular weight is 1840 g/mol. The molecule has 0 saturated carbocycles. The standard InChI is InChI=1S/C18H17NS.C16H15NS.C13H15NS.2C12H13NS.2C7H11NS.C5H5N.C4H4S.8C2H6/c1-13(2)18-19-16(14-9-5-3-6-10-14)17(20-18)15-11-7-4-8-12-15;1-11(2)16-17-15(10-18-16)14-9-5-7-12-6-3-4-8-13(12)14;1-10(2)13-14-9-12(15-13)8-11-6-4-3-5-7-11;1-9(2)12-13-11(8-14-12)10-6-4-3-5-7-10;1-9(2)12-13-8-11(14-12)10-6-4-3-5-7-10;2*1-5(2)7-8-6(3)4-9-7;1-2-4-6-5-3-1;1-2-4-5-3-1;8*1-2/h3-13H,1-2H3;3-11H,1-2H3;3-7,9-10H,8H2,1-2H3;2*3-9H,1-2H3;2*4-5H,1-3H3;1-5H;1-4H;8*1-2H3. The van der Waals surface area contributed by atoms with Gasteiger partial charge in [0.2, 0.25) is 0 Å². The molecule has 16 heteroatoms. The van der Waals surface area contributed by atoms with Crippen molar-refractivity contribution in [1.29, 1.82) is 0 Å². The molecule has 9 aromatic heterocycles. The molecular formula is C110H152N8S8. The second-order valence-electron chi connectivity index (χ2n) is 27.8. The predicted octanol–water partition coefficient (Wildman–Crippen LogP) is 38.6. The summed E-state index contributed by atoms with van der Waals surface area (Å²) in [6.45, 7) is 66.6. The fourth-order valence-electron chi connectivity index (χ4n) is 10.2. The first-order chi connectivity index (χ1) is 61.2. The van der Waals surface area contributed by atoms with E-state index in [4.69, 9.17) is 9.97 Å². The smallest absolute Gasteiger partial charge is 0.0964 e. The molecule has 0 unspecified atom stereocenters. The molecule has 680 valence electrons. The number of benzene rings is 7. The third kappa shape index (κ3) is 45.7. The molecule has 0 amide bonds. The van der Waals surface area contributed by atoms with Crippen LogP contribution in [0.25, 0.3) is 65.4 Å². The number of hydrogen-bond donors (Lipinski definition) is 0. The minimum atomic E-state index is 0.458. The number of fused-ring (bicyclic) bond motifs is 1. The number of nitrogens with zero attached hydrogens (tertiary/aromatic N) is 8. The molecular weight excluding hydrogens is 1690 g/mol. The Morgan fingerprint density at radius 1 is 0.286 bits per heavy atom. The van der Waals surface area contributed by atoms with Gasteiger partial charge in [-0.2, -0.15) is 11.3 Å². The van der Waals surface area contributed by atoms with E-state index in [2.05, 4.69) is 312 Å². The SMILES string of the molecule is CC.CC.CC.CC.CC.CC.CC.CC.CC(C)c1nc(-c2cccc3ccccc23)cs1.CC(C)c1nc(-c2ccccc2)c(-c2ccccc2)s1.CC(C)c1nc(-c2ccccc2)cs1.CC(C)c1ncc(-c2ccccc2)s1.CC(C)c1ncc(Cc2ccccc2)s1.Cc1csc(C(C)C)n1.Cc1csc(C(C)C)n1.c1ccncc1.c1ccsc1. The van der Waals surface area contributed by atoms with Crippen molar-refractivity contribution < 1.29 is 0 Å². The van der Waals surface area contributed by atoms with Crippen LogP contribution in [0.3, 0.4) is 0 Å². The highest BCUT2D eigenvalue weighted by atomic mass is 32.1. The lowest BCUT2D eigenvalue weighted by atomic mass is 10.0. The maximum absolute atomic E-state index is 4.87. The van der Waals surface area contributed by atoms with Crippen LogP contribution in [-0.2, 0) is 6.42 Å². The monoisotopic (exact) mass is 1840 g/mol. The summed E-state index contributed by atoms with van der Waals surface area (Å²) >= 11 is 14.1. The Hall–Kier alpha value is -8.94. The molecule has 8 nitrogen and oxygen atoms in total. The Bertz CT molecular complexity index is 4840. The van der Waals surface area contributed by atoms with Crippen molar-refractivity contribution in [2.75, 3.05) is 0 Å². The number of thiophene rings is 1. The van der Waals surface area contributed by atoms with Crippen molar-refractivity contribution in [2.24, 2.45) is 0 Å². The Balaban J connectivity index is 0.00000139. The Morgan fingerprint density at radius 3 is 1.03 bits per heavy atom. The molecule has 0 bridgehead atoms. The highest BCUT2D eigenvalue weighted by Crippen LogP contribution is 2.40. The zero-order valence-electron chi connectivity index (χ0n) is 82.2. The molecule has 126 heavy (non-hydrogen) atoms. The molecule has 0 N–H and O–H groups in total. The van der Waals surface area contributed by atoms with Gasteiger partial charge in [-0.15, -0.1) is 79.4 Å². The normalized spacial score (nSPS) is 9.64. The van der Waals surface area contributed by atoms with Gasteiger partial charge >= 0.3 is 0 Å². The zero-order chi connectivity index (χ0) is 94.6. The van der Waals surface area contributed by atoms with Crippen LogP contribution >= 0.6 is 90.7 Å². The minimum Gasteiger partial charge on any atom is -0.265 e. The van der Waals surface area contributed by atoms with Gasteiger partial charge in [-0.05, 0) is 64.2 Å². The summed E-state index contributed by atoms with van der Waals surface area (Å²) in [5, 5.41) is 23.7. The van der Waals surface area contributed by atoms with Crippen LogP contribution < -0.4 is 0 Å². The maximum atomic E-state index is 4.87. The molecule has 16 rings (SSSR count). The van der Waals surface area contributed by atoms with Gasteiger partial charge in [-0.1, -0.05) is 420 Å². The van der Waals surface area contributed by atoms with Crippen molar-refractivity contribution in [3.63, 3.8) is 0 Å².